The summed E-state index contributed by atoms with van der Waals surface area (Å²) < 4.78 is 0. The predicted octanol–water partition coefficient (Wildman–Crippen LogP) is 4.94. The van der Waals surface area contributed by atoms with Crippen LogP contribution in [-0.4, -0.2) is 6.04 Å². The van der Waals surface area contributed by atoms with Crippen molar-refractivity contribution in [3.05, 3.63) is 51.7 Å². The molecule has 102 valence electrons. The van der Waals surface area contributed by atoms with E-state index in [1.807, 2.05) is 23.1 Å². The molecule has 2 rings (SSSR count). The van der Waals surface area contributed by atoms with Gasteiger partial charge in [-0.25, -0.2) is 0 Å². The number of rotatable bonds is 5. The highest BCUT2D eigenvalue weighted by atomic mass is 32.2. The first kappa shape index (κ1) is 14.6. The van der Waals surface area contributed by atoms with E-state index in [9.17, 15) is 0 Å². The van der Waals surface area contributed by atoms with Crippen LogP contribution in [0.25, 0.3) is 0 Å². The summed E-state index contributed by atoms with van der Waals surface area (Å²) in [6.45, 7) is 6.51. The molecule has 2 N–H and O–H groups in total. The van der Waals surface area contributed by atoms with Crippen LogP contribution in [-0.2, 0) is 0 Å². The number of aryl methyl sites for hydroxylation is 2. The molecule has 1 nitrogen and oxygen atoms in total. The van der Waals surface area contributed by atoms with Gasteiger partial charge in [-0.1, -0.05) is 25.1 Å². The van der Waals surface area contributed by atoms with Gasteiger partial charge in [0.1, 0.15) is 0 Å². The third kappa shape index (κ3) is 3.41. The molecular weight excluding hydrogens is 270 g/mol. The summed E-state index contributed by atoms with van der Waals surface area (Å²) >= 11 is 3.73. The van der Waals surface area contributed by atoms with E-state index in [1.54, 1.807) is 0 Å². The van der Waals surface area contributed by atoms with Crippen LogP contribution in [0.1, 0.15) is 34.6 Å². The fourth-order valence-electron chi connectivity index (χ4n) is 2.05. The van der Waals surface area contributed by atoms with Gasteiger partial charge in [0, 0.05) is 15.8 Å². The lowest BCUT2D eigenvalue weighted by molar-refractivity contribution is 0.638. The first-order valence-corrected chi connectivity index (χ1v) is 8.41. The van der Waals surface area contributed by atoms with Gasteiger partial charge in [-0.15, -0.1) is 23.1 Å². The summed E-state index contributed by atoms with van der Waals surface area (Å²) in [4.78, 5) is 2.76. The van der Waals surface area contributed by atoms with Crippen LogP contribution in [0.2, 0.25) is 0 Å². The van der Waals surface area contributed by atoms with E-state index in [0.29, 0.717) is 5.25 Å². The molecule has 0 spiro atoms. The smallest absolute Gasteiger partial charge is 0.0591 e. The highest BCUT2D eigenvalue weighted by Gasteiger charge is 2.23. The van der Waals surface area contributed by atoms with Crippen molar-refractivity contribution in [1.29, 1.82) is 0 Å². The first-order chi connectivity index (χ1) is 9.13. The molecule has 0 bridgehead atoms. The predicted molar refractivity (Wildman–Crippen MR) is 87.1 cm³/mol. The van der Waals surface area contributed by atoms with Crippen molar-refractivity contribution >= 4 is 23.1 Å². The molecule has 0 saturated heterocycles. The van der Waals surface area contributed by atoms with Crippen molar-refractivity contribution in [3.63, 3.8) is 0 Å². The van der Waals surface area contributed by atoms with Crippen LogP contribution in [0.15, 0.2) is 40.6 Å². The van der Waals surface area contributed by atoms with Crippen LogP contribution in [0.4, 0.5) is 0 Å². The number of thiophene rings is 1. The molecule has 0 fully saturated rings. The molecule has 1 aromatic heterocycles. The van der Waals surface area contributed by atoms with Crippen molar-refractivity contribution < 1.29 is 0 Å². The van der Waals surface area contributed by atoms with Crippen molar-refractivity contribution in [2.75, 3.05) is 0 Å². The van der Waals surface area contributed by atoms with Gasteiger partial charge in [0.05, 0.1) is 5.25 Å². The summed E-state index contributed by atoms with van der Waals surface area (Å²) in [5.74, 6) is 0. The Balaban J connectivity index is 2.30. The van der Waals surface area contributed by atoms with Gasteiger partial charge in [-0.3, -0.25) is 0 Å². The minimum absolute atomic E-state index is 0.196. The summed E-state index contributed by atoms with van der Waals surface area (Å²) in [5, 5.41) is 2.52. The Kier molecular flexibility index (Phi) is 5.08. The zero-order valence-corrected chi connectivity index (χ0v) is 13.4. The average Bonchev–Trinajstić information content (AvgIpc) is 2.83. The number of benzene rings is 1. The molecule has 1 aromatic carbocycles. The van der Waals surface area contributed by atoms with E-state index in [2.05, 4.69) is 56.5 Å². The molecule has 0 aliphatic heterocycles. The number of thioether (sulfide) groups is 1. The fourth-order valence-corrected chi connectivity index (χ4v) is 4.69. The Hall–Kier alpha value is -0.770. The Morgan fingerprint density at radius 2 is 1.89 bits per heavy atom. The molecule has 2 aromatic rings. The second-order valence-electron chi connectivity index (χ2n) is 4.84. The van der Waals surface area contributed by atoms with E-state index in [-0.39, 0.29) is 6.04 Å². The summed E-state index contributed by atoms with van der Waals surface area (Å²) in [6.07, 6.45) is 1.00. The van der Waals surface area contributed by atoms with Gasteiger partial charge < -0.3 is 5.73 Å². The van der Waals surface area contributed by atoms with Crippen LogP contribution < -0.4 is 5.73 Å². The Bertz CT molecular complexity index is 533. The highest BCUT2D eigenvalue weighted by molar-refractivity contribution is 7.99. The van der Waals surface area contributed by atoms with Crippen molar-refractivity contribution in [2.24, 2.45) is 5.73 Å². The molecule has 0 aliphatic carbocycles. The van der Waals surface area contributed by atoms with Gasteiger partial charge >= 0.3 is 0 Å². The number of hydrogen-bond acceptors (Lipinski definition) is 3. The van der Waals surface area contributed by atoms with E-state index >= 15 is 0 Å². The lowest BCUT2D eigenvalue weighted by atomic mass is 10.1. The minimum Gasteiger partial charge on any atom is -0.326 e. The summed E-state index contributed by atoms with van der Waals surface area (Å²) in [7, 11) is 0. The third-order valence-electron chi connectivity index (χ3n) is 3.37. The SMILES string of the molecule is CCC(N)C(Sc1ccccc1C)c1sccc1C. The van der Waals surface area contributed by atoms with Gasteiger partial charge in [0.15, 0.2) is 0 Å². The molecule has 1 heterocycles. The average molecular weight is 291 g/mol. The molecule has 0 saturated carbocycles. The fraction of sp³-hybridized carbons (Fsp3) is 0.375. The maximum absolute atomic E-state index is 6.36. The number of nitrogens with two attached hydrogens (primary N) is 1. The second-order valence-corrected chi connectivity index (χ2v) is 6.98. The third-order valence-corrected chi connectivity index (χ3v) is 6.17. The van der Waals surface area contributed by atoms with Gasteiger partial charge in [0.2, 0.25) is 0 Å². The summed E-state index contributed by atoms with van der Waals surface area (Å²) in [5.41, 5.74) is 9.05. The molecule has 3 heteroatoms. The largest absolute Gasteiger partial charge is 0.326 e. The lowest BCUT2D eigenvalue weighted by Crippen LogP contribution is -2.25. The molecule has 2 unspecified atom stereocenters. The van der Waals surface area contributed by atoms with Crippen LogP contribution >= 0.6 is 23.1 Å². The van der Waals surface area contributed by atoms with Gasteiger partial charge in [0.25, 0.3) is 0 Å². The quantitative estimate of drug-likeness (QED) is 0.790. The van der Waals surface area contributed by atoms with E-state index in [0.717, 1.165) is 6.42 Å². The molecular formula is C16H21NS2. The van der Waals surface area contributed by atoms with Crippen LogP contribution in [0, 0.1) is 13.8 Å². The topological polar surface area (TPSA) is 26.0 Å². The molecule has 0 amide bonds. The monoisotopic (exact) mass is 291 g/mol. The summed E-state index contributed by atoms with van der Waals surface area (Å²) in [6, 6.07) is 10.9. The van der Waals surface area contributed by atoms with E-state index < -0.39 is 0 Å². The Morgan fingerprint density at radius 1 is 1.16 bits per heavy atom. The molecule has 0 aliphatic rings. The van der Waals surface area contributed by atoms with Crippen molar-refractivity contribution in [3.8, 4) is 0 Å². The maximum Gasteiger partial charge on any atom is 0.0591 e. The molecule has 0 radical (unpaired) electrons. The number of hydrogen-bond donors (Lipinski definition) is 1. The van der Waals surface area contributed by atoms with Crippen LogP contribution in [0.3, 0.4) is 0 Å². The molecule has 2 atom stereocenters. The standard InChI is InChI=1S/C16H21NS2/c1-4-13(17)16(15-12(3)9-10-18-15)19-14-8-6-5-7-11(14)2/h5-10,13,16H,4,17H2,1-3H3. The molecule has 19 heavy (non-hydrogen) atoms. The maximum atomic E-state index is 6.36. The zero-order chi connectivity index (χ0) is 13.8. The van der Waals surface area contributed by atoms with Gasteiger partial charge in [-0.05, 0) is 48.9 Å². The highest BCUT2D eigenvalue weighted by Crippen LogP contribution is 2.42. The van der Waals surface area contributed by atoms with Crippen molar-refractivity contribution in [1.82, 2.24) is 0 Å². The van der Waals surface area contributed by atoms with E-state index in [1.165, 1.54) is 20.9 Å². The Labute approximate surface area is 124 Å². The zero-order valence-electron chi connectivity index (χ0n) is 11.7. The van der Waals surface area contributed by atoms with Gasteiger partial charge in [-0.2, -0.15) is 0 Å². The van der Waals surface area contributed by atoms with Crippen molar-refractivity contribution in [2.45, 2.75) is 43.4 Å². The minimum atomic E-state index is 0.196. The Morgan fingerprint density at radius 3 is 2.47 bits per heavy atom. The van der Waals surface area contributed by atoms with Crippen LogP contribution in [0.5, 0.6) is 0 Å². The van der Waals surface area contributed by atoms with E-state index in [4.69, 9.17) is 5.73 Å². The lowest BCUT2D eigenvalue weighted by Gasteiger charge is -2.23. The normalized spacial score (nSPS) is 14.3. The second kappa shape index (κ2) is 6.60. The first-order valence-electron chi connectivity index (χ1n) is 6.65.